The van der Waals surface area contributed by atoms with Gasteiger partial charge in [-0.15, -0.1) is 0 Å². The molecule has 0 saturated carbocycles. The molecule has 1 aliphatic heterocycles. The Hall–Kier alpha value is -0.480. The molecule has 2 heterocycles. The highest BCUT2D eigenvalue weighted by Crippen LogP contribution is 2.33. The Labute approximate surface area is 91.3 Å². The summed E-state index contributed by atoms with van der Waals surface area (Å²) in [5.41, 5.74) is 0.621. The standard InChI is InChI=1S/C9H11ClN2OS/c10-8-7(5-11-9(13)12-8)6-1-3-14-4-2-6/h5-6H,1-4H2,(H,11,12,13). The monoisotopic (exact) mass is 230 g/mol. The van der Waals surface area contributed by atoms with Crippen LogP contribution in [0.5, 0.6) is 0 Å². The largest absolute Gasteiger partial charge is 0.346 e. The van der Waals surface area contributed by atoms with Crippen LogP contribution in [-0.4, -0.2) is 21.5 Å². The van der Waals surface area contributed by atoms with Crippen molar-refractivity contribution < 1.29 is 0 Å². The van der Waals surface area contributed by atoms with Gasteiger partial charge in [0, 0.05) is 11.8 Å². The summed E-state index contributed by atoms with van der Waals surface area (Å²) in [6, 6.07) is 0. The molecule has 1 aliphatic rings. The fourth-order valence-corrected chi connectivity index (χ4v) is 3.07. The smallest absolute Gasteiger partial charge is 0.296 e. The highest BCUT2D eigenvalue weighted by molar-refractivity contribution is 7.99. The maximum absolute atomic E-state index is 10.9. The molecule has 1 aromatic rings. The molecular weight excluding hydrogens is 220 g/mol. The molecule has 0 aromatic carbocycles. The van der Waals surface area contributed by atoms with Gasteiger partial charge in [-0.3, -0.25) is 4.98 Å². The van der Waals surface area contributed by atoms with Crippen molar-refractivity contribution in [3.05, 3.63) is 27.4 Å². The van der Waals surface area contributed by atoms with Crippen molar-refractivity contribution in [2.75, 3.05) is 11.5 Å². The third kappa shape index (κ3) is 2.12. The predicted octanol–water partition coefficient (Wildman–Crippen LogP) is 2.03. The summed E-state index contributed by atoms with van der Waals surface area (Å²) in [6.07, 6.45) is 3.86. The first-order chi connectivity index (χ1) is 6.77. The van der Waals surface area contributed by atoms with E-state index in [2.05, 4.69) is 9.97 Å². The van der Waals surface area contributed by atoms with E-state index in [-0.39, 0.29) is 5.69 Å². The van der Waals surface area contributed by atoms with Crippen molar-refractivity contribution in [3.8, 4) is 0 Å². The van der Waals surface area contributed by atoms with Crippen LogP contribution in [0.4, 0.5) is 0 Å². The van der Waals surface area contributed by atoms with E-state index in [9.17, 15) is 4.79 Å². The number of nitrogens with one attached hydrogen (secondary N) is 1. The maximum Gasteiger partial charge on any atom is 0.346 e. The van der Waals surface area contributed by atoms with Gasteiger partial charge in [0.05, 0.1) is 0 Å². The Bertz CT molecular complexity index is 373. The van der Waals surface area contributed by atoms with Crippen molar-refractivity contribution in [3.63, 3.8) is 0 Å². The molecule has 3 nitrogen and oxygen atoms in total. The van der Waals surface area contributed by atoms with Crippen LogP contribution in [0.1, 0.15) is 24.3 Å². The number of hydrogen-bond acceptors (Lipinski definition) is 3. The van der Waals surface area contributed by atoms with Crippen LogP contribution in [0.3, 0.4) is 0 Å². The minimum Gasteiger partial charge on any atom is -0.296 e. The molecule has 0 unspecified atom stereocenters. The van der Waals surface area contributed by atoms with Crippen LogP contribution in [0, 0.1) is 0 Å². The average Bonchev–Trinajstić information content (AvgIpc) is 2.19. The van der Waals surface area contributed by atoms with Gasteiger partial charge >= 0.3 is 5.69 Å². The van der Waals surface area contributed by atoms with Crippen LogP contribution in [0.2, 0.25) is 5.15 Å². The van der Waals surface area contributed by atoms with E-state index >= 15 is 0 Å². The van der Waals surface area contributed by atoms with Gasteiger partial charge in [0.1, 0.15) is 5.15 Å². The highest BCUT2D eigenvalue weighted by Gasteiger charge is 2.18. The maximum atomic E-state index is 10.9. The first-order valence-corrected chi connectivity index (χ1v) is 6.13. The number of rotatable bonds is 1. The number of nitrogens with zero attached hydrogens (tertiary/aromatic N) is 1. The minimum absolute atomic E-state index is 0.371. The van der Waals surface area contributed by atoms with Crippen LogP contribution in [-0.2, 0) is 0 Å². The zero-order valence-corrected chi connectivity index (χ0v) is 9.20. The molecule has 5 heteroatoms. The molecule has 1 saturated heterocycles. The second-order valence-corrected chi connectivity index (χ2v) is 4.95. The zero-order chi connectivity index (χ0) is 9.97. The molecule has 14 heavy (non-hydrogen) atoms. The molecule has 0 aliphatic carbocycles. The highest BCUT2D eigenvalue weighted by atomic mass is 35.5. The minimum atomic E-state index is -0.371. The number of hydrogen-bond donors (Lipinski definition) is 1. The lowest BCUT2D eigenvalue weighted by molar-refractivity contribution is 0.630. The molecule has 1 N–H and O–H groups in total. The quantitative estimate of drug-likeness (QED) is 0.751. The van der Waals surface area contributed by atoms with Gasteiger partial charge in [0.15, 0.2) is 0 Å². The number of halogens is 1. The summed E-state index contributed by atoms with van der Waals surface area (Å²) in [5.74, 6) is 2.80. The molecule has 0 amide bonds. The Morgan fingerprint density at radius 3 is 2.86 bits per heavy atom. The summed E-state index contributed by atoms with van der Waals surface area (Å²) in [7, 11) is 0. The SMILES string of the molecule is O=c1ncc(C2CCSCC2)c(Cl)[nH]1. The number of thioether (sulfide) groups is 1. The lowest BCUT2D eigenvalue weighted by Gasteiger charge is -2.21. The van der Waals surface area contributed by atoms with Crippen LogP contribution < -0.4 is 5.69 Å². The Morgan fingerprint density at radius 1 is 1.50 bits per heavy atom. The topological polar surface area (TPSA) is 45.8 Å². The fraction of sp³-hybridized carbons (Fsp3) is 0.556. The summed E-state index contributed by atoms with van der Waals surface area (Å²) in [5, 5.41) is 0.460. The van der Waals surface area contributed by atoms with Gasteiger partial charge in [-0.1, -0.05) is 11.6 Å². The molecule has 1 fully saturated rings. The lowest BCUT2D eigenvalue weighted by atomic mass is 9.96. The number of aromatic nitrogens is 2. The first-order valence-electron chi connectivity index (χ1n) is 4.60. The molecule has 1 aromatic heterocycles. The molecule has 0 bridgehead atoms. The van der Waals surface area contributed by atoms with Gasteiger partial charge in [-0.25, -0.2) is 9.78 Å². The summed E-state index contributed by atoms with van der Waals surface area (Å²) in [6.45, 7) is 0. The number of aromatic amines is 1. The predicted molar refractivity (Wildman–Crippen MR) is 59.2 cm³/mol. The van der Waals surface area contributed by atoms with Crippen molar-refractivity contribution in [2.45, 2.75) is 18.8 Å². The first kappa shape index (κ1) is 10.1. The van der Waals surface area contributed by atoms with E-state index in [1.54, 1.807) is 6.20 Å². The third-order valence-corrected chi connectivity index (χ3v) is 3.81. The second-order valence-electron chi connectivity index (χ2n) is 3.34. The van der Waals surface area contributed by atoms with Gasteiger partial charge in [-0.05, 0) is 30.3 Å². The second kappa shape index (κ2) is 4.36. The Kier molecular flexibility index (Phi) is 3.13. The average molecular weight is 231 g/mol. The fourth-order valence-electron chi connectivity index (χ4n) is 1.68. The van der Waals surface area contributed by atoms with E-state index in [4.69, 9.17) is 11.6 Å². The molecule has 0 atom stereocenters. The van der Waals surface area contributed by atoms with Crippen molar-refractivity contribution in [2.24, 2.45) is 0 Å². The normalized spacial score (nSPS) is 18.4. The van der Waals surface area contributed by atoms with Crippen LogP contribution >= 0.6 is 23.4 Å². The zero-order valence-electron chi connectivity index (χ0n) is 7.62. The van der Waals surface area contributed by atoms with E-state index in [1.807, 2.05) is 11.8 Å². The summed E-state index contributed by atoms with van der Waals surface area (Å²) >= 11 is 7.93. The van der Waals surface area contributed by atoms with E-state index in [0.29, 0.717) is 11.1 Å². The van der Waals surface area contributed by atoms with Gasteiger partial charge in [-0.2, -0.15) is 11.8 Å². The molecule has 0 radical (unpaired) electrons. The molecule has 2 rings (SSSR count). The number of H-pyrrole nitrogens is 1. The third-order valence-electron chi connectivity index (χ3n) is 2.45. The van der Waals surface area contributed by atoms with Crippen LogP contribution in [0.15, 0.2) is 11.0 Å². The van der Waals surface area contributed by atoms with E-state index < -0.39 is 0 Å². The Balaban J connectivity index is 2.26. The molecular formula is C9H11ClN2OS. The molecule has 0 spiro atoms. The Morgan fingerprint density at radius 2 is 2.21 bits per heavy atom. The van der Waals surface area contributed by atoms with Crippen molar-refractivity contribution in [1.82, 2.24) is 9.97 Å². The van der Waals surface area contributed by atoms with E-state index in [0.717, 1.165) is 18.4 Å². The molecule has 76 valence electrons. The van der Waals surface area contributed by atoms with E-state index in [1.165, 1.54) is 11.5 Å². The summed E-state index contributed by atoms with van der Waals surface area (Å²) in [4.78, 5) is 17.1. The summed E-state index contributed by atoms with van der Waals surface area (Å²) < 4.78 is 0. The van der Waals surface area contributed by atoms with Crippen molar-refractivity contribution in [1.29, 1.82) is 0 Å². The van der Waals surface area contributed by atoms with Crippen molar-refractivity contribution >= 4 is 23.4 Å². The van der Waals surface area contributed by atoms with Gasteiger partial charge < -0.3 is 0 Å². The van der Waals surface area contributed by atoms with Crippen LogP contribution in [0.25, 0.3) is 0 Å². The van der Waals surface area contributed by atoms with Gasteiger partial charge in [0.2, 0.25) is 0 Å². The lowest BCUT2D eigenvalue weighted by Crippen LogP contribution is -2.15. The van der Waals surface area contributed by atoms with Gasteiger partial charge in [0.25, 0.3) is 0 Å².